The molecule has 0 fully saturated rings. The summed E-state index contributed by atoms with van der Waals surface area (Å²) in [6.45, 7) is 3.40. The van der Waals surface area contributed by atoms with Crippen molar-refractivity contribution in [3.05, 3.63) is 72.3 Å². The van der Waals surface area contributed by atoms with E-state index in [0.717, 1.165) is 16.3 Å². The lowest BCUT2D eigenvalue weighted by atomic mass is 10.1. The van der Waals surface area contributed by atoms with E-state index in [0.29, 0.717) is 5.69 Å². The smallest absolute Gasteiger partial charge is 0.242 e. The third kappa shape index (κ3) is 3.92. The molecule has 26 heavy (non-hydrogen) atoms. The molecule has 0 saturated heterocycles. The van der Waals surface area contributed by atoms with E-state index in [1.54, 1.807) is 18.2 Å². The monoisotopic (exact) mass is 368 g/mol. The van der Waals surface area contributed by atoms with Crippen molar-refractivity contribution in [2.45, 2.75) is 24.8 Å². The maximum atomic E-state index is 12.5. The number of anilines is 1. The van der Waals surface area contributed by atoms with Crippen LogP contribution in [0.5, 0.6) is 0 Å². The molecule has 0 aromatic heterocycles. The number of amides is 1. The predicted molar refractivity (Wildman–Crippen MR) is 104 cm³/mol. The highest BCUT2D eigenvalue weighted by atomic mass is 32.2. The molecule has 3 rings (SSSR count). The van der Waals surface area contributed by atoms with E-state index in [2.05, 4.69) is 10.0 Å². The second kappa shape index (κ2) is 7.27. The average Bonchev–Trinajstić information content (AvgIpc) is 2.62. The largest absolute Gasteiger partial charge is 0.324 e. The molecule has 1 atom stereocenters. The molecule has 0 aliphatic carbocycles. The van der Waals surface area contributed by atoms with Crippen molar-refractivity contribution in [2.75, 3.05) is 5.32 Å². The lowest BCUT2D eigenvalue weighted by Gasteiger charge is -2.15. The molecule has 0 aliphatic rings. The first-order valence-corrected chi connectivity index (χ1v) is 9.73. The van der Waals surface area contributed by atoms with Crippen LogP contribution in [0, 0.1) is 6.92 Å². The second-order valence-corrected chi connectivity index (χ2v) is 7.89. The van der Waals surface area contributed by atoms with Gasteiger partial charge in [-0.05, 0) is 37.4 Å². The number of aryl methyl sites for hydroxylation is 1. The zero-order valence-electron chi connectivity index (χ0n) is 14.6. The van der Waals surface area contributed by atoms with Gasteiger partial charge in [-0.3, -0.25) is 4.79 Å². The normalized spacial score (nSPS) is 12.7. The van der Waals surface area contributed by atoms with Crippen LogP contribution in [0.15, 0.2) is 71.6 Å². The summed E-state index contributed by atoms with van der Waals surface area (Å²) in [5, 5.41) is 4.70. The number of benzene rings is 3. The van der Waals surface area contributed by atoms with Crippen molar-refractivity contribution in [1.82, 2.24) is 4.72 Å². The molecular weight excluding hydrogens is 348 g/mol. The first-order valence-electron chi connectivity index (χ1n) is 8.24. The van der Waals surface area contributed by atoms with E-state index in [1.165, 1.54) is 19.1 Å². The highest BCUT2D eigenvalue weighted by Crippen LogP contribution is 2.23. The van der Waals surface area contributed by atoms with Crippen molar-refractivity contribution in [1.29, 1.82) is 0 Å². The number of carbonyl (C=O) groups excluding carboxylic acids is 1. The molecule has 0 heterocycles. The van der Waals surface area contributed by atoms with E-state index in [9.17, 15) is 13.2 Å². The molecule has 3 aromatic rings. The maximum absolute atomic E-state index is 12.5. The summed E-state index contributed by atoms with van der Waals surface area (Å²) in [5.41, 5.74) is 1.61. The van der Waals surface area contributed by atoms with Gasteiger partial charge in [0.2, 0.25) is 15.9 Å². The molecule has 5 nitrogen and oxygen atoms in total. The number of carbonyl (C=O) groups is 1. The summed E-state index contributed by atoms with van der Waals surface area (Å²) in [7, 11) is -3.77. The van der Waals surface area contributed by atoms with Crippen molar-refractivity contribution in [3.63, 3.8) is 0 Å². The molecule has 3 aromatic carbocycles. The Morgan fingerprint density at radius 2 is 1.58 bits per heavy atom. The molecule has 0 radical (unpaired) electrons. The number of fused-ring (bicyclic) bond motifs is 1. The topological polar surface area (TPSA) is 75.3 Å². The first-order chi connectivity index (χ1) is 12.4. The molecule has 0 spiro atoms. The molecule has 0 bridgehead atoms. The highest BCUT2D eigenvalue weighted by Gasteiger charge is 2.22. The molecule has 1 unspecified atom stereocenters. The lowest BCUT2D eigenvalue weighted by molar-refractivity contribution is -0.117. The number of hydrogen-bond acceptors (Lipinski definition) is 3. The van der Waals surface area contributed by atoms with Crippen LogP contribution in [0.25, 0.3) is 10.8 Å². The minimum atomic E-state index is -3.77. The Morgan fingerprint density at radius 1 is 0.923 bits per heavy atom. The van der Waals surface area contributed by atoms with Gasteiger partial charge < -0.3 is 5.32 Å². The average molecular weight is 368 g/mol. The molecule has 0 saturated carbocycles. The third-order valence-electron chi connectivity index (χ3n) is 4.10. The van der Waals surface area contributed by atoms with Gasteiger partial charge in [0, 0.05) is 11.1 Å². The molecule has 1 amide bonds. The molecule has 134 valence electrons. The van der Waals surface area contributed by atoms with Crippen molar-refractivity contribution < 1.29 is 13.2 Å². The van der Waals surface area contributed by atoms with Gasteiger partial charge in [-0.25, -0.2) is 8.42 Å². The molecule has 2 N–H and O–H groups in total. The third-order valence-corrected chi connectivity index (χ3v) is 5.66. The molecule has 0 aliphatic heterocycles. The van der Waals surface area contributed by atoms with Crippen molar-refractivity contribution in [3.8, 4) is 0 Å². The van der Waals surface area contributed by atoms with Gasteiger partial charge in [-0.1, -0.05) is 54.1 Å². The second-order valence-electron chi connectivity index (χ2n) is 6.17. The fourth-order valence-electron chi connectivity index (χ4n) is 2.65. The van der Waals surface area contributed by atoms with Crippen molar-refractivity contribution in [2.24, 2.45) is 0 Å². The minimum absolute atomic E-state index is 0.132. The Balaban J connectivity index is 1.76. The van der Waals surface area contributed by atoms with Gasteiger partial charge in [-0.2, -0.15) is 4.72 Å². The standard InChI is InChI=1S/C20H20N2O3S/c1-14-10-12-17(13-11-14)26(24,25)22-15(2)20(23)21-19-9-5-7-16-6-3-4-8-18(16)19/h3-13,15,22H,1-2H3,(H,21,23). The lowest BCUT2D eigenvalue weighted by Crippen LogP contribution is -2.41. The minimum Gasteiger partial charge on any atom is -0.324 e. The molecule has 6 heteroatoms. The zero-order chi connectivity index (χ0) is 18.7. The van der Waals surface area contributed by atoms with E-state index in [-0.39, 0.29) is 4.90 Å². The summed E-state index contributed by atoms with van der Waals surface area (Å²) in [5.74, 6) is -0.419. The van der Waals surface area contributed by atoms with Gasteiger partial charge >= 0.3 is 0 Å². The summed E-state index contributed by atoms with van der Waals surface area (Å²) in [6, 6.07) is 18.8. The van der Waals surface area contributed by atoms with Crippen LogP contribution in [0.3, 0.4) is 0 Å². The van der Waals surface area contributed by atoms with Crippen LogP contribution in [0.1, 0.15) is 12.5 Å². The summed E-state index contributed by atoms with van der Waals surface area (Å²) >= 11 is 0. The Kier molecular flexibility index (Phi) is 5.06. The van der Waals surface area contributed by atoms with Crippen LogP contribution in [0.4, 0.5) is 5.69 Å². The van der Waals surface area contributed by atoms with Crippen molar-refractivity contribution >= 4 is 32.4 Å². The number of hydrogen-bond donors (Lipinski definition) is 2. The Labute approximate surface area is 153 Å². The van der Waals surface area contributed by atoms with E-state index in [1.807, 2.05) is 43.3 Å². The Morgan fingerprint density at radius 3 is 2.31 bits per heavy atom. The number of nitrogens with one attached hydrogen (secondary N) is 2. The van der Waals surface area contributed by atoms with Gasteiger partial charge in [0.05, 0.1) is 10.9 Å². The number of sulfonamides is 1. The van der Waals surface area contributed by atoms with Crippen LogP contribution in [-0.4, -0.2) is 20.4 Å². The van der Waals surface area contributed by atoms with E-state index < -0.39 is 22.0 Å². The van der Waals surface area contributed by atoms with Crippen LogP contribution in [0.2, 0.25) is 0 Å². The Bertz CT molecular complexity index is 1040. The van der Waals surface area contributed by atoms with Gasteiger partial charge in [0.15, 0.2) is 0 Å². The zero-order valence-corrected chi connectivity index (χ0v) is 15.4. The predicted octanol–water partition coefficient (Wildman–Crippen LogP) is 3.45. The van der Waals surface area contributed by atoms with E-state index in [4.69, 9.17) is 0 Å². The maximum Gasteiger partial charge on any atom is 0.242 e. The van der Waals surface area contributed by atoms with Gasteiger partial charge in [0.25, 0.3) is 0 Å². The van der Waals surface area contributed by atoms with Crippen LogP contribution < -0.4 is 10.0 Å². The highest BCUT2D eigenvalue weighted by molar-refractivity contribution is 7.89. The van der Waals surface area contributed by atoms with Crippen LogP contribution in [-0.2, 0) is 14.8 Å². The summed E-state index contributed by atoms with van der Waals surface area (Å²) < 4.78 is 27.3. The fraction of sp³-hybridized carbons (Fsp3) is 0.150. The van der Waals surface area contributed by atoms with E-state index >= 15 is 0 Å². The fourth-order valence-corrected chi connectivity index (χ4v) is 3.85. The van der Waals surface area contributed by atoms with Crippen LogP contribution >= 0.6 is 0 Å². The van der Waals surface area contributed by atoms with Gasteiger partial charge in [-0.15, -0.1) is 0 Å². The molecular formula is C20H20N2O3S. The summed E-state index contributed by atoms with van der Waals surface area (Å²) in [4.78, 5) is 12.6. The Hall–Kier alpha value is -2.70. The number of rotatable bonds is 5. The summed E-state index contributed by atoms with van der Waals surface area (Å²) in [6.07, 6.45) is 0. The first kappa shape index (κ1) is 18.1. The quantitative estimate of drug-likeness (QED) is 0.724. The SMILES string of the molecule is Cc1ccc(S(=O)(=O)NC(C)C(=O)Nc2cccc3ccccc23)cc1. The van der Waals surface area contributed by atoms with Gasteiger partial charge in [0.1, 0.15) is 0 Å².